The smallest absolute Gasteiger partial charge is 0.307 e. The molecule has 6 heteroatoms. The van der Waals surface area contributed by atoms with E-state index in [0.29, 0.717) is 10.0 Å². The number of hydrogen-bond acceptors (Lipinski definition) is 4. The molecule has 0 spiro atoms. The van der Waals surface area contributed by atoms with Crippen molar-refractivity contribution in [3.05, 3.63) is 26.6 Å². The fourth-order valence-electron chi connectivity index (χ4n) is 1.30. The average molecular weight is 353 g/mol. The zero-order valence-electron chi connectivity index (χ0n) is 8.54. The van der Waals surface area contributed by atoms with Crippen molar-refractivity contribution in [2.45, 2.75) is 12.5 Å². The Morgan fingerprint density at radius 2 is 2.19 bits per heavy atom. The molecule has 3 N–H and O–H groups in total. The molecular weight excluding hydrogens is 342 g/mol. The van der Waals surface area contributed by atoms with Gasteiger partial charge < -0.3 is 15.6 Å². The lowest BCUT2D eigenvalue weighted by molar-refractivity contribution is -0.141. The Morgan fingerprint density at radius 3 is 2.69 bits per heavy atom. The average Bonchev–Trinajstić information content (AvgIpc) is 2.15. The second-order valence-electron chi connectivity index (χ2n) is 3.21. The highest BCUT2D eigenvalue weighted by molar-refractivity contribution is 9.11. The van der Waals surface area contributed by atoms with Gasteiger partial charge in [-0.1, -0.05) is 31.9 Å². The maximum Gasteiger partial charge on any atom is 0.307 e. The summed E-state index contributed by atoms with van der Waals surface area (Å²) in [5, 5.41) is 9.74. The molecule has 16 heavy (non-hydrogen) atoms. The van der Waals surface area contributed by atoms with Gasteiger partial charge in [-0.2, -0.15) is 0 Å². The molecule has 0 aromatic heterocycles. The summed E-state index contributed by atoms with van der Waals surface area (Å²) in [6.45, 7) is 0. The van der Waals surface area contributed by atoms with Crippen molar-refractivity contribution in [3.63, 3.8) is 0 Å². The number of benzene rings is 1. The van der Waals surface area contributed by atoms with Crippen molar-refractivity contribution in [1.29, 1.82) is 0 Å². The first-order valence-corrected chi connectivity index (χ1v) is 6.04. The molecule has 88 valence electrons. The molecule has 0 radical (unpaired) electrons. The number of phenolic OH excluding ortho intramolecular Hbond substituents is 1. The van der Waals surface area contributed by atoms with E-state index in [9.17, 15) is 9.90 Å². The number of methoxy groups -OCH3 is 1. The minimum atomic E-state index is -0.602. The van der Waals surface area contributed by atoms with E-state index in [1.54, 1.807) is 6.07 Å². The third-order valence-corrected chi connectivity index (χ3v) is 3.17. The molecule has 4 nitrogen and oxygen atoms in total. The molecule has 1 aromatic rings. The Hall–Kier alpha value is -0.590. The highest BCUT2D eigenvalue weighted by atomic mass is 79.9. The number of phenols is 1. The number of hydrogen-bond donors (Lipinski definition) is 2. The maximum absolute atomic E-state index is 11.1. The number of nitrogens with two attached hydrogens (primary N) is 1. The van der Waals surface area contributed by atoms with Gasteiger partial charge in [0.05, 0.1) is 13.5 Å². The van der Waals surface area contributed by atoms with Gasteiger partial charge in [0.25, 0.3) is 0 Å². The largest absolute Gasteiger partial charge is 0.508 e. The van der Waals surface area contributed by atoms with Crippen LogP contribution in [0.15, 0.2) is 21.1 Å². The van der Waals surface area contributed by atoms with E-state index in [1.807, 2.05) is 0 Å². The van der Waals surface area contributed by atoms with Gasteiger partial charge in [0.15, 0.2) is 0 Å². The third-order valence-electron chi connectivity index (χ3n) is 2.06. The van der Waals surface area contributed by atoms with Crippen LogP contribution < -0.4 is 5.73 Å². The van der Waals surface area contributed by atoms with Gasteiger partial charge in [-0.3, -0.25) is 4.79 Å². The number of halogens is 2. The minimum Gasteiger partial charge on any atom is -0.508 e. The number of aromatic hydroxyl groups is 1. The molecule has 0 saturated carbocycles. The first kappa shape index (κ1) is 13.5. The summed E-state index contributed by atoms with van der Waals surface area (Å²) in [7, 11) is 1.30. The molecule has 0 fully saturated rings. The normalized spacial score (nSPS) is 12.2. The second kappa shape index (κ2) is 5.65. The van der Waals surface area contributed by atoms with Crippen LogP contribution in [-0.4, -0.2) is 18.2 Å². The van der Waals surface area contributed by atoms with Crippen LogP contribution in [0.1, 0.15) is 18.0 Å². The number of esters is 1. The second-order valence-corrected chi connectivity index (χ2v) is 4.98. The SMILES string of the molecule is COC(=O)C[C@@H](N)c1c(O)cc(Br)cc1Br. The van der Waals surface area contributed by atoms with E-state index in [2.05, 4.69) is 36.6 Å². The summed E-state index contributed by atoms with van der Waals surface area (Å²) >= 11 is 6.53. The number of carbonyl (C=O) groups is 1. The van der Waals surface area contributed by atoms with Crippen molar-refractivity contribution in [2.75, 3.05) is 7.11 Å². The maximum atomic E-state index is 11.1. The van der Waals surface area contributed by atoms with Crippen molar-refractivity contribution in [1.82, 2.24) is 0 Å². The molecule has 0 amide bonds. The van der Waals surface area contributed by atoms with Gasteiger partial charge in [0, 0.05) is 20.6 Å². The Labute approximate surface area is 110 Å². The molecule has 0 bridgehead atoms. The molecule has 1 aromatic carbocycles. The molecular formula is C10H11Br2NO3. The van der Waals surface area contributed by atoms with Gasteiger partial charge in [-0.25, -0.2) is 0 Å². The number of rotatable bonds is 3. The zero-order chi connectivity index (χ0) is 12.3. The lowest BCUT2D eigenvalue weighted by Gasteiger charge is -2.14. The predicted molar refractivity (Wildman–Crippen MR) is 67.1 cm³/mol. The van der Waals surface area contributed by atoms with Crippen LogP contribution in [0.3, 0.4) is 0 Å². The van der Waals surface area contributed by atoms with Gasteiger partial charge in [-0.05, 0) is 12.1 Å². The van der Waals surface area contributed by atoms with Crippen LogP contribution in [0.5, 0.6) is 5.75 Å². The summed E-state index contributed by atoms with van der Waals surface area (Å²) < 4.78 is 5.90. The van der Waals surface area contributed by atoms with E-state index >= 15 is 0 Å². The van der Waals surface area contributed by atoms with Crippen molar-refractivity contribution >= 4 is 37.8 Å². The van der Waals surface area contributed by atoms with Gasteiger partial charge in [-0.15, -0.1) is 0 Å². The Bertz CT molecular complexity index is 386. The van der Waals surface area contributed by atoms with Crippen molar-refractivity contribution in [3.8, 4) is 5.75 Å². The van der Waals surface area contributed by atoms with Crippen LogP contribution in [0.2, 0.25) is 0 Å². The van der Waals surface area contributed by atoms with E-state index in [4.69, 9.17) is 5.73 Å². The van der Waals surface area contributed by atoms with E-state index in [1.165, 1.54) is 13.2 Å². The Morgan fingerprint density at radius 1 is 1.56 bits per heavy atom. The van der Waals surface area contributed by atoms with Gasteiger partial charge in [0.2, 0.25) is 0 Å². The zero-order valence-corrected chi connectivity index (χ0v) is 11.7. The molecule has 0 unspecified atom stereocenters. The Kier molecular flexibility index (Phi) is 4.76. The standard InChI is InChI=1S/C10H11Br2NO3/c1-16-9(15)4-7(13)10-6(12)2-5(11)3-8(10)14/h2-3,7,14H,4,13H2,1H3/t7-/m1/s1. The summed E-state index contributed by atoms with van der Waals surface area (Å²) in [6, 6.07) is 2.68. The lowest BCUT2D eigenvalue weighted by atomic mass is 10.0. The van der Waals surface area contributed by atoms with Gasteiger partial charge >= 0.3 is 5.97 Å². The molecule has 0 aliphatic rings. The summed E-state index contributed by atoms with van der Waals surface area (Å²) in [5.74, 6) is -0.376. The highest BCUT2D eigenvalue weighted by Crippen LogP contribution is 2.35. The highest BCUT2D eigenvalue weighted by Gasteiger charge is 2.18. The van der Waals surface area contributed by atoms with Crippen LogP contribution in [0, 0.1) is 0 Å². The summed E-state index contributed by atoms with van der Waals surface area (Å²) in [5.41, 5.74) is 6.31. The fourth-order valence-corrected chi connectivity index (χ4v) is 2.80. The van der Waals surface area contributed by atoms with Crippen LogP contribution in [-0.2, 0) is 9.53 Å². The first-order chi connectivity index (χ1) is 7.45. The summed E-state index contributed by atoms with van der Waals surface area (Å²) in [6.07, 6.45) is 0.0181. The Balaban J connectivity index is 2.99. The lowest BCUT2D eigenvalue weighted by Crippen LogP contribution is -2.17. The topological polar surface area (TPSA) is 72.5 Å². The predicted octanol–water partition coefficient (Wildman–Crippen LogP) is 2.48. The molecule has 0 saturated heterocycles. The van der Waals surface area contributed by atoms with E-state index in [0.717, 1.165) is 4.47 Å². The monoisotopic (exact) mass is 351 g/mol. The minimum absolute atomic E-state index is 0.0181. The molecule has 0 aliphatic heterocycles. The number of ether oxygens (including phenoxy) is 1. The van der Waals surface area contributed by atoms with E-state index < -0.39 is 12.0 Å². The van der Waals surface area contributed by atoms with Gasteiger partial charge in [0.1, 0.15) is 5.75 Å². The van der Waals surface area contributed by atoms with Crippen molar-refractivity contribution in [2.24, 2.45) is 5.73 Å². The molecule has 0 heterocycles. The molecule has 1 rings (SSSR count). The van der Waals surface area contributed by atoms with E-state index in [-0.39, 0.29) is 12.2 Å². The quantitative estimate of drug-likeness (QED) is 0.819. The number of carbonyl (C=O) groups excluding carboxylic acids is 1. The van der Waals surface area contributed by atoms with Crippen LogP contribution in [0.4, 0.5) is 0 Å². The van der Waals surface area contributed by atoms with Crippen LogP contribution in [0.25, 0.3) is 0 Å². The van der Waals surface area contributed by atoms with Crippen LogP contribution >= 0.6 is 31.9 Å². The third kappa shape index (κ3) is 3.20. The fraction of sp³-hybridized carbons (Fsp3) is 0.300. The molecule has 0 aliphatic carbocycles. The molecule has 1 atom stereocenters. The summed E-state index contributed by atoms with van der Waals surface area (Å²) in [4.78, 5) is 11.1. The first-order valence-electron chi connectivity index (χ1n) is 4.46. The van der Waals surface area contributed by atoms with Crippen molar-refractivity contribution < 1.29 is 14.6 Å².